The normalized spacial score (nSPS) is 11.9. The zero-order chi connectivity index (χ0) is 15.0. The summed E-state index contributed by atoms with van der Waals surface area (Å²) in [6.45, 7) is 3.32. The van der Waals surface area contributed by atoms with Crippen molar-refractivity contribution in [2.45, 2.75) is 25.7 Å². The second kappa shape index (κ2) is 4.96. The monoisotopic (exact) mass is 301 g/mol. The van der Waals surface area contributed by atoms with E-state index in [1.54, 1.807) is 13.8 Å². The maximum atomic E-state index is 11.3. The number of nitrogens with zero attached hydrogens (tertiary/aromatic N) is 2. The average molecular weight is 301 g/mol. The molecule has 0 aliphatic rings. The Hall–Kier alpha value is -2.21. The maximum Gasteiger partial charge on any atom is 0.315 e. The molecular formula is C15H15N3O2S. The number of imidazole rings is 1. The van der Waals surface area contributed by atoms with E-state index < -0.39 is 11.4 Å². The van der Waals surface area contributed by atoms with Crippen molar-refractivity contribution < 1.29 is 9.90 Å². The van der Waals surface area contributed by atoms with Gasteiger partial charge in [-0.25, -0.2) is 9.97 Å². The van der Waals surface area contributed by atoms with Crippen molar-refractivity contribution in [1.29, 1.82) is 0 Å². The number of rotatable bonds is 4. The number of para-hydroxylation sites is 2. The minimum atomic E-state index is -0.970. The van der Waals surface area contributed by atoms with Crippen LogP contribution in [0.15, 0.2) is 29.6 Å². The van der Waals surface area contributed by atoms with Crippen molar-refractivity contribution in [3.05, 3.63) is 46.2 Å². The molecule has 2 aromatic heterocycles. The number of hydrogen-bond donors (Lipinski definition) is 2. The minimum Gasteiger partial charge on any atom is -0.481 e. The van der Waals surface area contributed by atoms with Crippen molar-refractivity contribution in [3.63, 3.8) is 0 Å². The predicted molar refractivity (Wildman–Crippen MR) is 81.7 cm³/mol. The van der Waals surface area contributed by atoms with Crippen LogP contribution in [0.5, 0.6) is 0 Å². The average Bonchev–Trinajstić information content (AvgIpc) is 3.04. The van der Waals surface area contributed by atoms with Gasteiger partial charge < -0.3 is 10.1 Å². The lowest BCUT2D eigenvalue weighted by Crippen LogP contribution is -2.28. The van der Waals surface area contributed by atoms with Crippen LogP contribution >= 0.6 is 11.3 Å². The number of aromatic nitrogens is 3. The van der Waals surface area contributed by atoms with Gasteiger partial charge in [0.1, 0.15) is 16.2 Å². The van der Waals surface area contributed by atoms with E-state index in [1.165, 1.54) is 11.3 Å². The molecule has 0 amide bonds. The van der Waals surface area contributed by atoms with E-state index in [-0.39, 0.29) is 0 Å². The Morgan fingerprint density at radius 3 is 2.81 bits per heavy atom. The number of carbonyl (C=O) groups is 1. The standard InChI is InChI=1S/C15H15N3O2S/c1-15(2,14(19)20)11-8-21-13(18-11)7-12-16-9-5-3-4-6-10(9)17-12/h3-6,8H,7H2,1-2H3,(H,16,17)(H,19,20). The van der Waals surface area contributed by atoms with Crippen LogP contribution in [0, 0.1) is 0 Å². The van der Waals surface area contributed by atoms with E-state index in [0.29, 0.717) is 12.1 Å². The first-order chi connectivity index (χ1) is 9.96. The number of thiazole rings is 1. The van der Waals surface area contributed by atoms with Gasteiger partial charge in [-0.15, -0.1) is 11.3 Å². The highest BCUT2D eigenvalue weighted by Gasteiger charge is 2.32. The summed E-state index contributed by atoms with van der Waals surface area (Å²) in [5.41, 5.74) is 1.54. The SMILES string of the molecule is CC(C)(C(=O)O)c1csc(Cc2nc3ccccc3[nH]2)n1. The molecule has 0 saturated heterocycles. The molecule has 0 bridgehead atoms. The topological polar surface area (TPSA) is 78.9 Å². The molecule has 5 nitrogen and oxygen atoms in total. The van der Waals surface area contributed by atoms with Gasteiger partial charge in [0.15, 0.2) is 0 Å². The van der Waals surface area contributed by atoms with Gasteiger partial charge in [0, 0.05) is 5.38 Å². The lowest BCUT2D eigenvalue weighted by Gasteiger charge is -2.15. The van der Waals surface area contributed by atoms with Gasteiger partial charge in [-0.3, -0.25) is 4.79 Å². The number of carboxylic acids is 1. The number of hydrogen-bond acceptors (Lipinski definition) is 4. The summed E-state index contributed by atoms with van der Waals surface area (Å²) in [6, 6.07) is 7.84. The second-order valence-corrected chi connectivity index (χ2v) is 6.38. The summed E-state index contributed by atoms with van der Waals surface area (Å²) in [7, 11) is 0. The Morgan fingerprint density at radius 2 is 2.10 bits per heavy atom. The number of nitrogens with one attached hydrogen (secondary N) is 1. The van der Waals surface area contributed by atoms with Crippen LogP contribution in [0.1, 0.15) is 30.4 Å². The van der Waals surface area contributed by atoms with E-state index in [0.717, 1.165) is 21.9 Å². The van der Waals surface area contributed by atoms with Crippen molar-refractivity contribution in [2.75, 3.05) is 0 Å². The van der Waals surface area contributed by atoms with Crippen LogP contribution in [-0.2, 0) is 16.6 Å². The molecule has 0 saturated carbocycles. The van der Waals surface area contributed by atoms with Gasteiger partial charge in [0.2, 0.25) is 0 Å². The summed E-state index contributed by atoms with van der Waals surface area (Å²) in [6.07, 6.45) is 0.578. The first-order valence-corrected chi connectivity index (χ1v) is 7.46. The molecule has 3 rings (SSSR count). The van der Waals surface area contributed by atoms with Crippen LogP contribution in [0.2, 0.25) is 0 Å². The third-order valence-electron chi connectivity index (χ3n) is 3.48. The zero-order valence-electron chi connectivity index (χ0n) is 11.8. The van der Waals surface area contributed by atoms with Gasteiger partial charge >= 0.3 is 5.97 Å². The summed E-state index contributed by atoms with van der Waals surface area (Å²) < 4.78 is 0. The molecule has 0 aliphatic carbocycles. The van der Waals surface area contributed by atoms with Crippen LogP contribution in [0.4, 0.5) is 0 Å². The highest BCUT2D eigenvalue weighted by molar-refractivity contribution is 7.09. The summed E-state index contributed by atoms with van der Waals surface area (Å²) in [5.74, 6) is -0.0340. The Bertz CT molecular complexity index is 771. The fourth-order valence-electron chi connectivity index (χ4n) is 2.02. The summed E-state index contributed by atoms with van der Waals surface area (Å²) in [5, 5.41) is 11.9. The summed E-state index contributed by atoms with van der Waals surface area (Å²) in [4.78, 5) is 23.5. The van der Waals surface area contributed by atoms with Gasteiger partial charge in [-0.1, -0.05) is 12.1 Å². The Kier molecular flexibility index (Phi) is 3.25. The number of fused-ring (bicyclic) bond motifs is 1. The van der Waals surface area contributed by atoms with Crippen molar-refractivity contribution in [1.82, 2.24) is 15.0 Å². The Morgan fingerprint density at radius 1 is 1.33 bits per heavy atom. The van der Waals surface area contributed by atoms with E-state index in [1.807, 2.05) is 29.6 Å². The molecule has 0 radical (unpaired) electrons. The molecule has 0 aliphatic heterocycles. The Balaban J connectivity index is 1.86. The van der Waals surface area contributed by atoms with Crippen LogP contribution < -0.4 is 0 Å². The lowest BCUT2D eigenvalue weighted by molar-refractivity contribution is -0.142. The van der Waals surface area contributed by atoms with Crippen LogP contribution in [0.25, 0.3) is 11.0 Å². The molecule has 2 heterocycles. The van der Waals surface area contributed by atoms with E-state index in [9.17, 15) is 9.90 Å². The van der Waals surface area contributed by atoms with Crippen LogP contribution in [0.3, 0.4) is 0 Å². The van der Waals surface area contributed by atoms with Crippen molar-refractivity contribution in [2.24, 2.45) is 0 Å². The van der Waals surface area contributed by atoms with Gasteiger partial charge in [-0.2, -0.15) is 0 Å². The zero-order valence-corrected chi connectivity index (χ0v) is 12.6. The van der Waals surface area contributed by atoms with E-state index in [4.69, 9.17) is 0 Å². The maximum absolute atomic E-state index is 11.3. The highest BCUT2D eigenvalue weighted by atomic mass is 32.1. The number of carboxylic acid groups (broad SMARTS) is 1. The van der Waals surface area contributed by atoms with Crippen molar-refractivity contribution in [3.8, 4) is 0 Å². The molecule has 1 aromatic carbocycles. The summed E-state index contributed by atoms with van der Waals surface area (Å²) >= 11 is 1.46. The quantitative estimate of drug-likeness (QED) is 0.776. The molecule has 2 N–H and O–H groups in total. The molecule has 0 unspecified atom stereocenters. The highest BCUT2D eigenvalue weighted by Crippen LogP contribution is 2.26. The smallest absolute Gasteiger partial charge is 0.315 e. The molecular weight excluding hydrogens is 286 g/mol. The first-order valence-electron chi connectivity index (χ1n) is 6.59. The lowest BCUT2D eigenvalue weighted by atomic mass is 9.90. The molecule has 3 aromatic rings. The molecule has 0 atom stereocenters. The van der Waals surface area contributed by atoms with Crippen molar-refractivity contribution >= 4 is 28.3 Å². The fraction of sp³-hybridized carbons (Fsp3) is 0.267. The second-order valence-electron chi connectivity index (χ2n) is 5.43. The number of H-pyrrole nitrogens is 1. The molecule has 6 heteroatoms. The van der Waals surface area contributed by atoms with Crippen LogP contribution in [-0.4, -0.2) is 26.0 Å². The van der Waals surface area contributed by atoms with Gasteiger partial charge in [-0.05, 0) is 26.0 Å². The first kappa shape index (κ1) is 13.8. The Labute approximate surface area is 125 Å². The number of aliphatic carboxylic acids is 1. The van der Waals surface area contributed by atoms with E-state index >= 15 is 0 Å². The largest absolute Gasteiger partial charge is 0.481 e. The van der Waals surface area contributed by atoms with Gasteiger partial charge in [0.25, 0.3) is 0 Å². The number of aromatic amines is 1. The third-order valence-corrected chi connectivity index (χ3v) is 4.33. The number of benzene rings is 1. The van der Waals surface area contributed by atoms with E-state index in [2.05, 4.69) is 15.0 Å². The molecule has 21 heavy (non-hydrogen) atoms. The third kappa shape index (κ3) is 2.54. The molecule has 0 spiro atoms. The fourth-order valence-corrected chi connectivity index (χ4v) is 2.99. The molecule has 0 fully saturated rings. The predicted octanol–water partition coefficient (Wildman–Crippen LogP) is 2.97. The van der Waals surface area contributed by atoms with Gasteiger partial charge in [0.05, 0.1) is 23.1 Å². The minimum absolute atomic E-state index is 0.578. The molecule has 108 valence electrons.